The second-order valence-electron chi connectivity index (χ2n) is 2.88. The molecule has 1 aliphatic rings. The van der Waals surface area contributed by atoms with Gasteiger partial charge < -0.3 is 5.32 Å². The Morgan fingerprint density at radius 2 is 2.21 bits per heavy atom. The lowest BCUT2D eigenvalue weighted by Gasteiger charge is -2.10. The molecule has 0 bridgehead atoms. The van der Waals surface area contributed by atoms with Crippen LogP contribution in [0, 0.1) is 0 Å². The van der Waals surface area contributed by atoms with Crippen molar-refractivity contribution in [3.05, 3.63) is 16.5 Å². The molecule has 1 aromatic rings. The largest absolute Gasteiger partial charge is 0.341 e. The molecule has 0 fully saturated rings. The van der Waals surface area contributed by atoms with Crippen LogP contribution in [0.25, 0.3) is 0 Å². The number of thiophene rings is 1. The Kier molecular flexibility index (Phi) is 3.52. The summed E-state index contributed by atoms with van der Waals surface area (Å²) >= 11 is 1.04. The number of halogens is 2. The standard InChI is InChI=1S/C7H8FNO2S2.ClH/c8-13(10,11)7-3-5-4-9-2-1-6(5)12-7;/h3,9H,1-2,4H2;1H. The van der Waals surface area contributed by atoms with Gasteiger partial charge in [-0.3, -0.25) is 0 Å². The van der Waals surface area contributed by atoms with Gasteiger partial charge in [0.05, 0.1) is 0 Å². The maximum Gasteiger partial charge on any atom is 0.341 e. The Morgan fingerprint density at radius 1 is 1.50 bits per heavy atom. The topological polar surface area (TPSA) is 46.2 Å². The zero-order valence-corrected chi connectivity index (χ0v) is 9.57. The summed E-state index contributed by atoms with van der Waals surface area (Å²) < 4.78 is 33.6. The van der Waals surface area contributed by atoms with E-state index in [1.54, 1.807) is 0 Å². The van der Waals surface area contributed by atoms with Gasteiger partial charge in [0, 0.05) is 18.0 Å². The van der Waals surface area contributed by atoms with Gasteiger partial charge in [0.2, 0.25) is 0 Å². The van der Waals surface area contributed by atoms with Crippen LogP contribution in [0.5, 0.6) is 0 Å². The highest BCUT2D eigenvalue weighted by Gasteiger charge is 2.20. The average Bonchev–Trinajstić information content (AvgIpc) is 2.45. The molecule has 80 valence electrons. The van der Waals surface area contributed by atoms with Crippen molar-refractivity contribution in [1.82, 2.24) is 5.32 Å². The Bertz CT molecular complexity index is 405. The summed E-state index contributed by atoms with van der Waals surface area (Å²) in [6.45, 7) is 1.47. The van der Waals surface area contributed by atoms with E-state index in [4.69, 9.17) is 0 Å². The number of hydrogen-bond donors (Lipinski definition) is 1. The Balaban J connectivity index is 0.000000980. The molecule has 14 heavy (non-hydrogen) atoms. The number of nitrogens with one attached hydrogen (secondary N) is 1. The highest BCUT2D eigenvalue weighted by atomic mass is 35.5. The van der Waals surface area contributed by atoms with Crippen molar-refractivity contribution in [2.24, 2.45) is 0 Å². The summed E-state index contributed by atoms with van der Waals surface area (Å²) in [5.41, 5.74) is 0.910. The van der Waals surface area contributed by atoms with E-state index in [0.717, 1.165) is 34.7 Å². The van der Waals surface area contributed by atoms with E-state index < -0.39 is 10.2 Å². The number of fused-ring (bicyclic) bond motifs is 1. The first-order chi connectivity index (χ1) is 6.07. The van der Waals surface area contributed by atoms with Crippen molar-refractivity contribution >= 4 is 34.0 Å². The van der Waals surface area contributed by atoms with Crippen molar-refractivity contribution in [1.29, 1.82) is 0 Å². The molecule has 3 nitrogen and oxygen atoms in total. The molecule has 0 aromatic carbocycles. The molecule has 0 aliphatic carbocycles. The number of hydrogen-bond acceptors (Lipinski definition) is 4. The normalized spacial score (nSPS) is 15.8. The minimum Gasteiger partial charge on any atom is -0.312 e. The molecule has 7 heteroatoms. The van der Waals surface area contributed by atoms with Gasteiger partial charge >= 0.3 is 10.2 Å². The quantitative estimate of drug-likeness (QED) is 0.775. The van der Waals surface area contributed by atoms with Crippen LogP contribution >= 0.6 is 23.7 Å². The molecular weight excluding hydrogens is 249 g/mol. The Morgan fingerprint density at radius 3 is 2.79 bits per heavy atom. The molecule has 0 unspecified atom stereocenters. The molecule has 2 rings (SSSR count). The van der Waals surface area contributed by atoms with Gasteiger partial charge in [-0.2, -0.15) is 8.42 Å². The van der Waals surface area contributed by atoms with Crippen molar-refractivity contribution < 1.29 is 12.3 Å². The van der Waals surface area contributed by atoms with Crippen molar-refractivity contribution in [3.8, 4) is 0 Å². The number of rotatable bonds is 1. The summed E-state index contributed by atoms with van der Waals surface area (Å²) in [5.74, 6) is 0. The monoisotopic (exact) mass is 257 g/mol. The van der Waals surface area contributed by atoms with Crippen LogP contribution < -0.4 is 5.32 Å². The third-order valence-electron chi connectivity index (χ3n) is 1.96. The Labute approximate surface area is 92.0 Å². The summed E-state index contributed by atoms with van der Waals surface area (Å²) in [6.07, 6.45) is 0.787. The molecule has 0 saturated heterocycles. The van der Waals surface area contributed by atoms with Crippen molar-refractivity contribution in [2.45, 2.75) is 17.2 Å². The average molecular weight is 258 g/mol. The van der Waals surface area contributed by atoms with E-state index in [2.05, 4.69) is 5.32 Å². The molecule has 1 N–H and O–H groups in total. The molecule has 0 radical (unpaired) electrons. The molecular formula is C7H9ClFNO2S2. The van der Waals surface area contributed by atoms with Crippen LogP contribution in [-0.4, -0.2) is 15.0 Å². The van der Waals surface area contributed by atoms with E-state index in [1.807, 2.05) is 0 Å². The molecule has 0 spiro atoms. The summed E-state index contributed by atoms with van der Waals surface area (Å²) in [4.78, 5) is 0.981. The highest BCUT2D eigenvalue weighted by Crippen LogP contribution is 2.29. The van der Waals surface area contributed by atoms with E-state index >= 15 is 0 Å². The summed E-state index contributed by atoms with van der Waals surface area (Å²) in [5, 5.41) is 3.10. The van der Waals surface area contributed by atoms with Crippen LogP contribution in [0.1, 0.15) is 10.4 Å². The third kappa shape index (κ3) is 2.25. The molecule has 1 aromatic heterocycles. The zero-order valence-electron chi connectivity index (χ0n) is 7.12. The van der Waals surface area contributed by atoms with Gasteiger partial charge in [0.15, 0.2) is 4.21 Å². The van der Waals surface area contributed by atoms with Gasteiger partial charge in [-0.05, 0) is 18.1 Å². The van der Waals surface area contributed by atoms with E-state index in [1.165, 1.54) is 6.07 Å². The first-order valence-electron chi connectivity index (χ1n) is 3.84. The fraction of sp³-hybridized carbons (Fsp3) is 0.429. The van der Waals surface area contributed by atoms with Gasteiger partial charge in [0.1, 0.15) is 0 Å². The van der Waals surface area contributed by atoms with Crippen LogP contribution in [0.15, 0.2) is 10.3 Å². The van der Waals surface area contributed by atoms with Gasteiger partial charge in [0.25, 0.3) is 0 Å². The summed E-state index contributed by atoms with van der Waals surface area (Å²) in [7, 11) is -4.51. The summed E-state index contributed by atoms with van der Waals surface area (Å²) in [6, 6.07) is 1.42. The van der Waals surface area contributed by atoms with Crippen LogP contribution in [0.2, 0.25) is 0 Å². The smallest absolute Gasteiger partial charge is 0.312 e. The predicted octanol–water partition coefficient (Wildman–Crippen LogP) is 1.47. The van der Waals surface area contributed by atoms with E-state index in [0.29, 0.717) is 6.54 Å². The van der Waals surface area contributed by atoms with Crippen molar-refractivity contribution in [2.75, 3.05) is 6.54 Å². The maximum absolute atomic E-state index is 12.6. The minimum absolute atomic E-state index is 0. The minimum atomic E-state index is -4.51. The second-order valence-corrected chi connectivity index (χ2v) is 5.59. The van der Waals surface area contributed by atoms with Crippen LogP contribution in [0.4, 0.5) is 3.89 Å². The van der Waals surface area contributed by atoms with Crippen LogP contribution in [-0.2, 0) is 23.2 Å². The third-order valence-corrected chi connectivity index (χ3v) is 4.44. The lowest BCUT2D eigenvalue weighted by atomic mass is 10.1. The Hall–Kier alpha value is -0.170. The molecule has 1 aliphatic heterocycles. The predicted molar refractivity (Wildman–Crippen MR) is 55.3 cm³/mol. The molecule has 0 atom stereocenters. The van der Waals surface area contributed by atoms with E-state index in [9.17, 15) is 12.3 Å². The molecule has 2 heterocycles. The SMILES string of the molecule is Cl.O=S(=O)(F)c1cc2c(s1)CCNC2. The second kappa shape index (κ2) is 4.14. The van der Waals surface area contributed by atoms with Crippen molar-refractivity contribution in [3.63, 3.8) is 0 Å². The van der Waals surface area contributed by atoms with E-state index in [-0.39, 0.29) is 16.6 Å². The fourth-order valence-electron chi connectivity index (χ4n) is 1.35. The first kappa shape index (κ1) is 11.9. The van der Waals surface area contributed by atoms with Gasteiger partial charge in [-0.25, -0.2) is 0 Å². The maximum atomic E-state index is 12.6. The zero-order chi connectivity index (χ0) is 9.47. The molecule has 0 saturated carbocycles. The van der Waals surface area contributed by atoms with Gasteiger partial charge in [-0.1, -0.05) is 3.89 Å². The highest BCUT2D eigenvalue weighted by molar-refractivity contribution is 7.88. The molecule has 0 amide bonds. The van der Waals surface area contributed by atoms with Crippen LogP contribution in [0.3, 0.4) is 0 Å². The van der Waals surface area contributed by atoms with Gasteiger partial charge in [-0.15, -0.1) is 23.7 Å². The fourth-order valence-corrected chi connectivity index (χ4v) is 3.24. The lowest BCUT2D eigenvalue weighted by Crippen LogP contribution is -2.21. The first-order valence-corrected chi connectivity index (χ1v) is 6.04. The lowest BCUT2D eigenvalue weighted by molar-refractivity contribution is 0.554.